The number of nitrogens with zero attached hydrogens (tertiary/aromatic N) is 2. The van der Waals surface area contributed by atoms with E-state index in [0.29, 0.717) is 44.3 Å². The molecule has 1 unspecified atom stereocenters. The topological polar surface area (TPSA) is 71.1 Å². The lowest BCUT2D eigenvalue weighted by atomic mass is 10.1. The zero-order valence-electron chi connectivity index (χ0n) is 16.5. The molecule has 1 fully saturated rings. The molecule has 2 heterocycles. The first-order chi connectivity index (χ1) is 14.1. The maximum absolute atomic E-state index is 12.6. The summed E-state index contributed by atoms with van der Waals surface area (Å²) >= 11 is 0. The Morgan fingerprint density at radius 1 is 1.14 bits per heavy atom. The van der Waals surface area contributed by atoms with Gasteiger partial charge in [-0.1, -0.05) is 18.2 Å². The lowest BCUT2D eigenvalue weighted by Gasteiger charge is -2.22. The molecule has 152 valence electrons. The molecule has 2 aromatic carbocycles. The van der Waals surface area contributed by atoms with Gasteiger partial charge in [-0.25, -0.2) is 0 Å². The third-order valence-electron chi connectivity index (χ3n) is 5.28. The summed E-state index contributed by atoms with van der Waals surface area (Å²) in [6, 6.07) is 15.5. The monoisotopic (exact) mass is 395 g/mol. The van der Waals surface area contributed by atoms with Gasteiger partial charge in [0.05, 0.1) is 5.92 Å². The van der Waals surface area contributed by atoms with E-state index in [0.717, 1.165) is 11.4 Å². The number of hydrogen-bond donors (Lipinski definition) is 1. The van der Waals surface area contributed by atoms with Gasteiger partial charge in [-0.15, -0.1) is 0 Å². The van der Waals surface area contributed by atoms with Crippen LogP contribution in [0.5, 0.6) is 11.5 Å². The number of nitrogens with one attached hydrogen (secondary N) is 1. The van der Waals surface area contributed by atoms with Crippen LogP contribution in [-0.2, 0) is 9.59 Å². The molecular weight excluding hydrogens is 370 g/mol. The van der Waals surface area contributed by atoms with Crippen molar-refractivity contribution in [2.24, 2.45) is 5.92 Å². The number of rotatable bonds is 6. The van der Waals surface area contributed by atoms with E-state index >= 15 is 0 Å². The first kappa shape index (κ1) is 19.1. The molecule has 2 aromatic rings. The number of carbonyl (C=O) groups excluding carboxylic acids is 2. The van der Waals surface area contributed by atoms with Crippen molar-refractivity contribution in [3.8, 4) is 11.5 Å². The normalized spacial score (nSPS) is 17.9. The van der Waals surface area contributed by atoms with Crippen molar-refractivity contribution in [2.45, 2.75) is 6.42 Å². The highest BCUT2D eigenvalue weighted by Gasteiger charge is 2.35. The van der Waals surface area contributed by atoms with Gasteiger partial charge in [-0.3, -0.25) is 9.59 Å². The molecule has 7 nitrogen and oxygen atoms in total. The average Bonchev–Trinajstić information content (AvgIpc) is 3.15. The zero-order valence-corrected chi connectivity index (χ0v) is 16.5. The molecule has 0 spiro atoms. The molecule has 29 heavy (non-hydrogen) atoms. The van der Waals surface area contributed by atoms with Crippen LogP contribution in [0.25, 0.3) is 0 Å². The van der Waals surface area contributed by atoms with E-state index in [1.54, 1.807) is 4.90 Å². The van der Waals surface area contributed by atoms with Gasteiger partial charge in [-0.05, 0) is 24.3 Å². The second-order valence-corrected chi connectivity index (χ2v) is 7.28. The van der Waals surface area contributed by atoms with E-state index < -0.39 is 0 Å². The van der Waals surface area contributed by atoms with Crippen LogP contribution in [-0.4, -0.2) is 51.7 Å². The highest BCUT2D eigenvalue weighted by molar-refractivity contribution is 6.00. The van der Waals surface area contributed by atoms with Gasteiger partial charge in [0.25, 0.3) is 0 Å². The maximum atomic E-state index is 12.6. The fourth-order valence-electron chi connectivity index (χ4n) is 3.64. The Labute approximate surface area is 170 Å². The van der Waals surface area contributed by atoms with Gasteiger partial charge >= 0.3 is 0 Å². The van der Waals surface area contributed by atoms with Crippen molar-refractivity contribution in [1.82, 2.24) is 5.32 Å². The van der Waals surface area contributed by atoms with Crippen LogP contribution in [0.1, 0.15) is 6.42 Å². The molecule has 7 heteroatoms. The molecule has 4 rings (SSSR count). The molecule has 2 amide bonds. The number of para-hydroxylation sites is 1. The molecular formula is C22H25N3O4. The van der Waals surface area contributed by atoms with Crippen molar-refractivity contribution >= 4 is 23.2 Å². The highest BCUT2D eigenvalue weighted by Crippen LogP contribution is 2.35. The minimum absolute atomic E-state index is 0.0526. The van der Waals surface area contributed by atoms with Crippen LogP contribution in [0.3, 0.4) is 0 Å². The molecule has 0 saturated carbocycles. The van der Waals surface area contributed by atoms with Crippen molar-refractivity contribution in [1.29, 1.82) is 0 Å². The quantitative estimate of drug-likeness (QED) is 0.811. The van der Waals surface area contributed by atoms with Crippen molar-refractivity contribution in [3.05, 3.63) is 48.5 Å². The van der Waals surface area contributed by atoms with E-state index in [1.165, 1.54) is 0 Å². The lowest BCUT2D eigenvalue weighted by molar-refractivity contribution is -0.126. The van der Waals surface area contributed by atoms with Gasteiger partial charge in [0.1, 0.15) is 13.2 Å². The number of anilines is 2. The molecule has 1 saturated heterocycles. The summed E-state index contributed by atoms with van der Waals surface area (Å²) in [5.41, 5.74) is 1.83. The van der Waals surface area contributed by atoms with Crippen LogP contribution in [0.2, 0.25) is 0 Å². The third kappa shape index (κ3) is 4.29. The van der Waals surface area contributed by atoms with Crippen LogP contribution < -0.4 is 24.6 Å². The van der Waals surface area contributed by atoms with Crippen LogP contribution in [0, 0.1) is 5.92 Å². The van der Waals surface area contributed by atoms with Crippen LogP contribution >= 0.6 is 0 Å². The van der Waals surface area contributed by atoms with Gasteiger partial charge in [0.15, 0.2) is 11.5 Å². The molecule has 0 bridgehead atoms. The summed E-state index contributed by atoms with van der Waals surface area (Å²) < 4.78 is 11.1. The smallest absolute Gasteiger partial charge is 0.227 e. The average molecular weight is 395 g/mol. The van der Waals surface area contributed by atoms with E-state index in [-0.39, 0.29) is 24.2 Å². The molecule has 1 atom stereocenters. The summed E-state index contributed by atoms with van der Waals surface area (Å²) in [5.74, 6) is 0.836. The van der Waals surface area contributed by atoms with Crippen molar-refractivity contribution in [3.63, 3.8) is 0 Å². The predicted molar refractivity (Wildman–Crippen MR) is 111 cm³/mol. The van der Waals surface area contributed by atoms with E-state index in [1.807, 2.05) is 55.6 Å². The van der Waals surface area contributed by atoms with Crippen LogP contribution in [0.4, 0.5) is 11.4 Å². The minimum Gasteiger partial charge on any atom is -0.486 e. The minimum atomic E-state index is -0.349. The molecule has 2 aliphatic heterocycles. The third-order valence-corrected chi connectivity index (χ3v) is 5.28. The molecule has 0 aliphatic carbocycles. The van der Waals surface area contributed by atoms with E-state index in [2.05, 4.69) is 10.2 Å². The number of ether oxygens (including phenoxy) is 2. The number of benzene rings is 2. The maximum Gasteiger partial charge on any atom is 0.227 e. The fraction of sp³-hybridized carbons (Fsp3) is 0.364. The highest BCUT2D eigenvalue weighted by atomic mass is 16.6. The number of amides is 2. The van der Waals surface area contributed by atoms with Gasteiger partial charge in [0.2, 0.25) is 11.8 Å². The van der Waals surface area contributed by atoms with Gasteiger partial charge in [0, 0.05) is 50.5 Å². The van der Waals surface area contributed by atoms with E-state index in [9.17, 15) is 9.59 Å². The first-order valence-corrected chi connectivity index (χ1v) is 9.86. The molecule has 0 aromatic heterocycles. The van der Waals surface area contributed by atoms with Crippen molar-refractivity contribution in [2.75, 3.05) is 49.7 Å². The Hall–Kier alpha value is -3.22. The first-order valence-electron chi connectivity index (χ1n) is 9.86. The Bertz CT molecular complexity index is 887. The number of carbonyl (C=O) groups is 2. The Morgan fingerprint density at radius 3 is 2.69 bits per heavy atom. The Kier molecular flexibility index (Phi) is 5.55. The molecule has 0 radical (unpaired) electrons. The largest absolute Gasteiger partial charge is 0.486 e. The standard InChI is InChI=1S/C22H25N3O4/c1-24(17-5-3-2-4-6-17)10-9-23-22(27)16-13-21(26)25(15-16)18-7-8-19-20(14-18)29-12-11-28-19/h2-8,14,16H,9-13,15H2,1H3,(H,23,27). The van der Waals surface area contributed by atoms with Crippen LogP contribution in [0.15, 0.2) is 48.5 Å². The SMILES string of the molecule is CN(CCNC(=O)C1CC(=O)N(c2ccc3c(c2)OCCO3)C1)c1ccccc1. The van der Waals surface area contributed by atoms with Gasteiger partial charge < -0.3 is 24.6 Å². The summed E-state index contributed by atoms with van der Waals surface area (Å²) in [5, 5.41) is 2.96. The summed E-state index contributed by atoms with van der Waals surface area (Å²) in [6.45, 7) is 2.61. The predicted octanol–water partition coefficient (Wildman–Crippen LogP) is 2.06. The molecule has 2 aliphatic rings. The summed E-state index contributed by atoms with van der Waals surface area (Å²) in [7, 11) is 1.99. The Morgan fingerprint density at radius 2 is 1.90 bits per heavy atom. The van der Waals surface area contributed by atoms with Gasteiger partial charge in [-0.2, -0.15) is 0 Å². The lowest BCUT2D eigenvalue weighted by Crippen LogP contribution is -2.37. The summed E-state index contributed by atoms with van der Waals surface area (Å²) in [6.07, 6.45) is 0.217. The number of hydrogen-bond acceptors (Lipinski definition) is 5. The molecule has 1 N–H and O–H groups in total. The number of likely N-dealkylation sites (N-methyl/N-ethyl adjacent to an activating group) is 1. The fourth-order valence-corrected chi connectivity index (χ4v) is 3.64. The van der Waals surface area contributed by atoms with Crippen molar-refractivity contribution < 1.29 is 19.1 Å². The number of fused-ring (bicyclic) bond motifs is 1. The Balaban J connectivity index is 1.31. The summed E-state index contributed by atoms with van der Waals surface area (Å²) in [4.78, 5) is 28.8. The van der Waals surface area contributed by atoms with E-state index in [4.69, 9.17) is 9.47 Å². The second-order valence-electron chi connectivity index (χ2n) is 7.28. The second kappa shape index (κ2) is 8.43. The zero-order chi connectivity index (χ0) is 20.2.